The highest BCUT2D eigenvalue weighted by Crippen LogP contribution is 2.32. The van der Waals surface area contributed by atoms with Crippen LogP contribution in [0.3, 0.4) is 0 Å². The Morgan fingerprint density at radius 1 is 1.39 bits per heavy atom. The minimum atomic E-state index is -0.317. The number of hydrogen-bond acceptors (Lipinski definition) is 2. The highest BCUT2D eigenvalue weighted by molar-refractivity contribution is 5.64. The normalized spacial score (nSPS) is 15.1. The predicted molar refractivity (Wildman–Crippen MR) is 65.2 cm³/mol. The Hall–Kier alpha value is -2.15. The fourth-order valence-corrected chi connectivity index (χ4v) is 2.14. The van der Waals surface area contributed by atoms with Crippen LogP contribution < -0.4 is 0 Å². The second kappa shape index (κ2) is 4.26. The molecule has 1 fully saturated rings. The molecule has 0 unspecified atom stereocenters. The SMILES string of the molecule is N#Cc1ccc(F)c(-c2cnn(C3CCC3)c2)c1. The summed E-state index contributed by atoms with van der Waals surface area (Å²) in [6.45, 7) is 0. The molecule has 0 bridgehead atoms. The van der Waals surface area contributed by atoms with E-state index < -0.39 is 0 Å². The molecule has 90 valence electrons. The number of nitriles is 1. The van der Waals surface area contributed by atoms with Crippen molar-refractivity contribution in [3.05, 3.63) is 42.0 Å². The van der Waals surface area contributed by atoms with E-state index in [1.54, 1.807) is 12.3 Å². The van der Waals surface area contributed by atoms with E-state index in [1.807, 2.05) is 16.9 Å². The van der Waals surface area contributed by atoms with Crippen LogP contribution in [0.2, 0.25) is 0 Å². The smallest absolute Gasteiger partial charge is 0.131 e. The summed E-state index contributed by atoms with van der Waals surface area (Å²) < 4.78 is 15.7. The van der Waals surface area contributed by atoms with Crippen LogP contribution >= 0.6 is 0 Å². The van der Waals surface area contributed by atoms with Crippen molar-refractivity contribution in [1.29, 1.82) is 5.26 Å². The number of nitrogens with zero attached hydrogens (tertiary/aromatic N) is 3. The van der Waals surface area contributed by atoms with Gasteiger partial charge in [0.2, 0.25) is 0 Å². The number of hydrogen-bond donors (Lipinski definition) is 0. The van der Waals surface area contributed by atoms with E-state index in [-0.39, 0.29) is 5.82 Å². The van der Waals surface area contributed by atoms with E-state index >= 15 is 0 Å². The van der Waals surface area contributed by atoms with Gasteiger partial charge in [-0.2, -0.15) is 10.4 Å². The molecule has 1 saturated carbocycles. The molecule has 0 spiro atoms. The topological polar surface area (TPSA) is 41.6 Å². The van der Waals surface area contributed by atoms with Crippen molar-refractivity contribution in [2.45, 2.75) is 25.3 Å². The number of benzene rings is 1. The third-order valence-electron chi connectivity index (χ3n) is 3.46. The number of rotatable bonds is 2. The van der Waals surface area contributed by atoms with Crippen molar-refractivity contribution in [2.75, 3.05) is 0 Å². The molecule has 1 aromatic carbocycles. The Kier molecular flexibility index (Phi) is 2.60. The zero-order valence-electron chi connectivity index (χ0n) is 9.81. The molecule has 1 aromatic heterocycles. The Morgan fingerprint density at radius 2 is 2.22 bits per heavy atom. The zero-order valence-corrected chi connectivity index (χ0v) is 9.81. The summed E-state index contributed by atoms with van der Waals surface area (Å²) in [5.41, 5.74) is 1.64. The summed E-state index contributed by atoms with van der Waals surface area (Å²) in [5, 5.41) is 13.1. The van der Waals surface area contributed by atoms with Gasteiger partial charge in [-0.05, 0) is 37.5 Å². The van der Waals surface area contributed by atoms with E-state index in [9.17, 15) is 4.39 Å². The van der Waals surface area contributed by atoms with E-state index in [2.05, 4.69) is 5.10 Å². The van der Waals surface area contributed by atoms with Gasteiger partial charge in [0.15, 0.2) is 0 Å². The molecular formula is C14H12FN3. The third-order valence-corrected chi connectivity index (χ3v) is 3.46. The molecule has 3 nitrogen and oxygen atoms in total. The van der Waals surface area contributed by atoms with Crippen molar-refractivity contribution < 1.29 is 4.39 Å². The highest BCUT2D eigenvalue weighted by Gasteiger charge is 2.20. The van der Waals surface area contributed by atoms with Crippen molar-refractivity contribution in [2.24, 2.45) is 0 Å². The zero-order chi connectivity index (χ0) is 12.5. The molecule has 1 aliphatic rings. The van der Waals surface area contributed by atoms with Crippen LogP contribution in [0.4, 0.5) is 4.39 Å². The molecule has 0 N–H and O–H groups in total. The molecule has 0 atom stereocenters. The van der Waals surface area contributed by atoms with Gasteiger partial charge in [-0.3, -0.25) is 4.68 Å². The van der Waals surface area contributed by atoms with Crippen molar-refractivity contribution in [3.63, 3.8) is 0 Å². The molecule has 0 saturated heterocycles. The average Bonchev–Trinajstić information content (AvgIpc) is 2.76. The van der Waals surface area contributed by atoms with Gasteiger partial charge in [0.05, 0.1) is 23.9 Å². The van der Waals surface area contributed by atoms with Gasteiger partial charge < -0.3 is 0 Å². The lowest BCUT2D eigenvalue weighted by Gasteiger charge is -2.25. The van der Waals surface area contributed by atoms with Crippen LogP contribution in [0.15, 0.2) is 30.6 Å². The van der Waals surface area contributed by atoms with Gasteiger partial charge in [-0.25, -0.2) is 4.39 Å². The minimum Gasteiger partial charge on any atom is -0.269 e. The van der Waals surface area contributed by atoms with Crippen LogP contribution in [0.5, 0.6) is 0 Å². The van der Waals surface area contributed by atoms with E-state index in [0.29, 0.717) is 17.2 Å². The summed E-state index contributed by atoms with van der Waals surface area (Å²) >= 11 is 0. The van der Waals surface area contributed by atoms with Crippen molar-refractivity contribution in [3.8, 4) is 17.2 Å². The minimum absolute atomic E-state index is 0.317. The van der Waals surface area contributed by atoms with Crippen LogP contribution in [-0.2, 0) is 0 Å². The Labute approximate surface area is 104 Å². The second-order valence-corrected chi connectivity index (χ2v) is 4.60. The molecule has 4 heteroatoms. The molecule has 0 amide bonds. The molecule has 0 radical (unpaired) electrons. The largest absolute Gasteiger partial charge is 0.269 e. The van der Waals surface area contributed by atoms with Crippen molar-refractivity contribution >= 4 is 0 Å². The number of aromatic nitrogens is 2. The lowest BCUT2D eigenvalue weighted by atomic mass is 9.93. The molecule has 0 aliphatic heterocycles. The van der Waals surface area contributed by atoms with Gasteiger partial charge in [0.25, 0.3) is 0 Å². The van der Waals surface area contributed by atoms with E-state index in [0.717, 1.165) is 18.4 Å². The van der Waals surface area contributed by atoms with Gasteiger partial charge in [0, 0.05) is 17.3 Å². The molecular weight excluding hydrogens is 229 g/mol. The molecule has 1 heterocycles. The second-order valence-electron chi connectivity index (χ2n) is 4.60. The molecule has 18 heavy (non-hydrogen) atoms. The maximum Gasteiger partial charge on any atom is 0.131 e. The lowest BCUT2D eigenvalue weighted by Crippen LogP contribution is -2.16. The fourth-order valence-electron chi connectivity index (χ4n) is 2.14. The van der Waals surface area contributed by atoms with E-state index in [1.165, 1.54) is 18.6 Å². The van der Waals surface area contributed by atoms with Gasteiger partial charge in [0.1, 0.15) is 5.82 Å². The molecule has 1 aliphatic carbocycles. The summed E-state index contributed by atoms with van der Waals surface area (Å²) in [5.74, 6) is -0.317. The fraction of sp³-hybridized carbons (Fsp3) is 0.286. The van der Waals surface area contributed by atoms with E-state index in [4.69, 9.17) is 5.26 Å². The summed E-state index contributed by atoms with van der Waals surface area (Å²) in [6.07, 6.45) is 7.04. The first-order valence-electron chi connectivity index (χ1n) is 6.02. The maximum atomic E-state index is 13.8. The van der Waals surface area contributed by atoms with Gasteiger partial charge in [-0.15, -0.1) is 0 Å². The van der Waals surface area contributed by atoms with Crippen molar-refractivity contribution in [1.82, 2.24) is 9.78 Å². The van der Waals surface area contributed by atoms with Crippen LogP contribution in [0.1, 0.15) is 30.9 Å². The Morgan fingerprint density at radius 3 is 2.89 bits per heavy atom. The monoisotopic (exact) mass is 241 g/mol. The van der Waals surface area contributed by atoms with Crippen LogP contribution in [-0.4, -0.2) is 9.78 Å². The lowest BCUT2D eigenvalue weighted by molar-refractivity contribution is 0.289. The average molecular weight is 241 g/mol. The number of halogens is 1. The Bertz CT molecular complexity index is 620. The Balaban J connectivity index is 1.98. The molecule has 2 aromatic rings. The summed E-state index contributed by atoms with van der Waals surface area (Å²) in [7, 11) is 0. The third kappa shape index (κ3) is 1.78. The van der Waals surface area contributed by atoms with Crippen LogP contribution in [0.25, 0.3) is 11.1 Å². The molecule has 3 rings (SSSR count). The summed E-state index contributed by atoms with van der Waals surface area (Å²) in [4.78, 5) is 0. The first kappa shape index (κ1) is 11.0. The van der Waals surface area contributed by atoms with Crippen LogP contribution in [0, 0.1) is 17.1 Å². The van der Waals surface area contributed by atoms with Gasteiger partial charge >= 0.3 is 0 Å². The summed E-state index contributed by atoms with van der Waals surface area (Å²) in [6, 6.07) is 6.86. The first-order valence-corrected chi connectivity index (χ1v) is 6.02. The maximum absolute atomic E-state index is 13.8. The highest BCUT2D eigenvalue weighted by atomic mass is 19.1. The standard InChI is InChI=1S/C14H12FN3/c15-14-5-4-10(7-16)6-13(14)11-8-17-18(9-11)12-2-1-3-12/h4-6,8-9,12H,1-3H2. The van der Waals surface area contributed by atoms with Gasteiger partial charge in [-0.1, -0.05) is 0 Å². The predicted octanol–water partition coefficient (Wildman–Crippen LogP) is 3.29. The quantitative estimate of drug-likeness (QED) is 0.809. The first-order chi connectivity index (χ1) is 8.78.